The maximum Gasteiger partial charge on any atom is 0.371 e. The van der Waals surface area contributed by atoms with E-state index in [1.54, 1.807) is 12.1 Å². The summed E-state index contributed by atoms with van der Waals surface area (Å²) in [5.74, 6) is -0.596. The van der Waals surface area contributed by atoms with Crippen LogP contribution in [-0.2, 0) is 16.4 Å². The van der Waals surface area contributed by atoms with Gasteiger partial charge in [-0.2, -0.15) is 4.31 Å². The number of sulfonamides is 1. The molecule has 1 N–H and O–H groups in total. The number of halogens is 2. The Morgan fingerprint density at radius 1 is 1.07 bits per heavy atom. The first-order chi connectivity index (χ1) is 12.8. The number of furan rings is 1. The van der Waals surface area contributed by atoms with Gasteiger partial charge in [-0.05, 0) is 24.3 Å². The minimum Gasteiger partial charge on any atom is -0.475 e. The number of rotatable bonds is 6. The second-order valence-corrected chi connectivity index (χ2v) is 8.81. The molecule has 1 aromatic carbocycles. The molecule has 1 fully saturated rings. The van der Waals surface area contributed by atoms with Gasteiger partial charge in [-0.25, -0.2) is 13.2 Å². The van der Waals surface area contributed by atoms with E-state index >= 15 is 0 Å². The maximum absolute atomic E-state index is 12.8. The van der Waals surface area contributed by atoms with Crippen molar-refractivity contribution in [3.8, 4) is 0 Å². The van der Waals surface area contributed by atoms with Crippen LogP contribution in [-0.4, -0.2) is 61.4 Å². The lowest BCUT2D eigenvalue weighted by molar-refractivity contribution is 0.0660. The summed E-state index contributed by atoms with van der Waals surface area (Å²) in [6, 6.07) is 7.68. The number of piperazine rings is 1. The standard InChI is InChI=1S/C17H18Cl2N2O5S/c18-13-2-1-3-14(19)16(13)27(24,25)21-10-8-20(9-11-21)7-6-12-4-5-15(26-12)17(22)23/h1-5H,6-11H2,(H,22,23). The fourth-order valence-corrected chi connectivity index (χ4v) is 5.46. The first kappa shape index (κ1) is 20.2. The Bertz CT molecular complexity index is 916. The number of carboxylic acids is 1. The van der Waals surface area contributed by atoms with Crippen LogP contribution in [0, 0.1) is 0 Å². The van der Waals surface area contributed by atoms with E-state index in [0.29, 0.717) is 44.9 Å². The first-order valence-electron chi connectivity index (χ1n) is 8.27. The minimum atomic E-state index is -3.76. The van der Waals surface area contributed by atoms with Crippen LogP contribution >= 0.6 is 23.2 Å². The normalized spacial score (nSPS) is 16.5. The number of benzene rings is 1. The molecule has 0 atom stereocenters. The van der Waals surface area contributed by atoms with E-state index in [4.69, 9.17) is 32.7 Å². The third-order valence-corrected chi connectivity index (χ3v) is 7.25. The SMILES string of the molecule is O=C(O)c1ccc(CCN2CCN(S(=O)(=O)c3c(Cl)cccc3Cl)CC2)o1. The molecule has 3 rings (SSSR count). The van der Waals surface area contributed by atoms with Crippen molar-refractivity contribution in [3.63, 3.8) is 0 Å². The lowest BCUT2D eigenvalue weighted by atomic mass is 10.3. The summed E-state index contributed by atoms with van der Waals surface area (Å²) < 4.78 is 32.3. The first-order valence-corrected chi connectivity index (χ1v) is 10.5. The number of aromatic carboxylic acids is 1. The zero-order chi connectivity index (χ0) is 19.6. The van der Waals surface area contributed by atoms with Gasteiger partial charge in [0.1, 0.15) is 10.7 Å². The number of nitrogens with zero attached hydrogens (tertiary/aromatic N) is 2. The zero-order valence-corrected chi connectivity index (χ0v) is 16.6. The summed E-state index contributed by atoms with van der Waals surface area (Å²) in [4.78, 5) is 12.9. The maximum atomic E-state index is 12.8. The highest BCUT2D eigenvalue weighted by atomic mass is 35.5. The highest BCUT2D eigenvalue weighted by molar-refractivity contribution is 7.89. The van der Waals surface area contributed by atoms with Gasteiger partial charge in [-0.15, -0.1) is 0 Å². The van der Waals surface area contributed by atoms with E-state index < -0.39 is 16.0 Å². The highest BCUT2D eigenvalue weighted by Gasteiger charge is 2.31. The van der Waals surface area contributed by atoms with Crippen LogP contribution in [0.1, 0.15) is 16.3 Å². The number of carbonyl (C=O) groups is 1. The lowest BCUT2D eigenvalue weighted by Crippen LogP contribution is -2.49. The van der Waals surface area contributed by atoms with Gasteiger partial charge in [-0.1, -0.05) is 29.3 Å². The molecule has 0 bridgehead atoms. The predicted molar refractivity (Wildman–Crippen MR) is 101 cm³/mol. The second kappa shape index (κ2) is 8.20. The third kappa shape index (κ3) is 4.47. The van der Waals surface area contributed by atoms with Crippen molar-refractivity contribution in [1.82, 2.24) is 9.21 Å². The fourth-order valence-electron chi connectivity index (χ4n) is 2.95. The molecule has 1 saturated heterocycles. The van der Waals surface area contributed by atoms with Gasteiger partial charge < -0.3 is 14.4 Å². The smallest absolute Gasteiger partial charge is 0.371 e. The highest BCUT2D eigenvalue weighted by Crippen LogP contribution is 2.31. The zero-order valence-electron chi connectivity index (χ0n) is 14.3. The molecule has 7 nitrogen and oxygen atoms in total. The van der Waals surface area contributed by atoms with Crippen LogP contribution < -0.4 is 0 Å². The van der Waals surface area contributed by atoms with Gasteiger partial charge in [0.2, 0.25) is 15.8 Å². The quantitative estimate of drug-likeness (QED) is 0.754. The summed E-state index contributed by atoms with van der Waals surface area (Å²) in [6.07, 6.45) is 0.552. The summed E-state index contributed by atoms with van der Waals surface area (Å²) in [5, 5.41) is 9.08. The summed E-state index contributed by atoms with van der Waals surface area (Å²) in [7, 11) is -3.76. The van der Waals surface area contributed by atoms with Gasteiger partial charge in [0, 0.05) is 39.1 Å². The number of hydrogen-bond donors (Lipinski definition) is 1. The number of carboxylic acid groups (broad SMARTS) is 1. The third-order valence-electron chi connectivity index (χ3n) is 4.39. The Kier molecular flexibility index (Phi) is 6.12. The van der Waals surface area contributed by atoms with Gasteiger partial charge in [0.25, 0.3) is 0 Å². The molecular formula is C17H18Cl2N2O5S. The van der Waals surface area contributed by atoms with Crippen LogP contribution in [0.4, 0.5) is 0 Å². The molecule has 146 valence electrons. The molecule has 10 heteroatoms. The monoisotopic (exact) mass is 432 g/mol. The Morgan fingerprint density at radius 3 is 2.26 bits per heavy atom. The van der Waals surface area contributed by atoms with Gasteiger partial charge >= 0.3 is 5.97 Å². The van der Waals surface area contributed by atoms with Crippen molar-refractivity contribution in [2.24, 2.45) is 0 Å². The molecule has 0 spiro atoms. The van der Waals surface area contributed by atoms with Crippen LogP contribution in [0.25, 0.3) is 0 Å². The molecule has 2 heterocycles. The summed E-state index contributed by atoms with van der Waals surface area (Å²) in [6.45, 7) is 2.39. The molecule has 0 radical (unpaired) electrons. The number of hydrogen-bond acceptors (Lipinski definition) is 5. The van der Waals surface area contributed by atoms with E-state index in [-0.39, 0.29) is 20.7 Å². The summed E-state index contributed by atoms with van der Waals surface area (Å²) in [5.41, 5.74) is 0. The van der Waals surface area contributed by atoms with Crippen molar-refractivity contribution in [2.75, 3.05) is 32.7 Å². The molecule has 1 aromatic heterocycles. The van der Waals surface area contributed by atoms with Crippen LogP contribution in [0.3, 0.4) is 0 Å². The topological polar surface area (TPSA) is 91.1 Å². The van der Waals surface area contributed by atoms with E-state index in [1.807, 2.05) is 0 Å². The molecule has 1 aliphatic rings. The Morgan fingerprint density at radius 2 is 1.70 bits per heavy atom. The van der Waals surface area contributed by atoms with E-state index in [2.05, 4.69) is 4.90 Å². The van der Waals surface area contributed by atoms with Crippen molar-refractivity contribution in [3.05, 3.63) is 51.9 Å². The minimum absolute atomic E-state index is 0.0569. The summed E-state index contributed by atoms with van der Waals surface area (Å²) >= 11 is 12.1. The molecule has 2 aromatic rings. The van der Waals surface area contributed by atoms with Crippen LogP contribution in [0.5, 0.6) is 0 Å². The van der Waals surface area contributed by atoms with Gasteiger partial charge in [0.05, 0.1) is 10.0 Å². The predicted octanol–water partition coefficient (Wildman–Crippen LogP) is 2.83. The Labute approximate surface area is 167 Å². The molecule has 0 amide bonds. The van der Waals surface area contributed by atoms with E-state index in [0.717, 1.165) is 0 Å². The average Bonchev–Trinajstić information content (AvgIpc) is 3.09. The van der Waals surface area contributed by atoms with Gasteiger partial charge in [-0.3, -0.25) is 0 Å². The Hall–Kier alpha value is -1.58. The van der Waals surface area contributed by atoms with Crippen LogP contribution in [0.2, 0.25) is 10.0 Å². The van der Waals surface area contributed by atoms with Crippen LogP contribution in [0.15, 0.2) is 39.6 Å². The Balaban J connectivity index is 1.59. The lowest BCUT2D eigenvalue weighted by Gasteiger charge is -2.34. The molecular weight excluding hydrogens is 415 g/mol. The molecule has 0 aliphatic carbocycles. The molecule has 0 unspecified atom stereocenters. The fraction of sp³-hybridized carbons (Fsp3) is 0.353. The second-order valence-electron chi connectivity index (χ2n) is 6.12. The molecule has 1 aliphatic heterocycles. The van der Waals surface area contributed by atoms with Gasteiger partial charge in [0.15, 0.2) is 0 Å². The average molecular weight is 433 g/mol. The van der Waals surface area contributed by atoms with Crippen molar-refractivity contribution in [2.45, 2.75) is 11.3 Å². The van der Waals surface area contributed by atoms with Crippen molar-refractivity contribution < 1.29 is 22.7 Å². The van der Waals surface area contributed by atoms with Crippen molar-refractivity contribution in [1.29, 1.82) is 0 Å². The molecule has 0 saturated carbocycles. The largest absolute Gasteiger partial charge is 0.475 e. The molecule has 27 heavy (non-hydrogen) atoms. The van der Waals surface area contributed by atoms with E-state index in [1.165, 1.54) is 22.5 Å². The van der Waals surface area contributed by atoms with Crippen molar-refractivity contribution >= 4 is 39.2 Å². The van der Waals surface area contributed by atoms with E-state index in [9.17, 15) is 13.2 Å².